The lowest BCUT2D eigenvalue weighted by atomic mass is 9.99. The van der Waals surface area contributed by atoms with Crippen molar-refractivity contribution in [3.63, 3.8) is 0 Å². The molecule has 0 bridgehead atoms. The predicted molar refractivity (Wildman–Crippen MR) is 81.6 cm³/mol. The van der Waals surface area contributed by atoms with Gasteiger partial charge in [-0.05, 0) is 43.1 Å². The summed E-state index contributed by atoms with van der Waals surface area (Å²) in [7, 11) is 0. The van der Waals surface area contributed by atoms with Crippen LogP contribution in [0.3, 0.4) is 0 Å². The molecule has 3 nitrogen and oxygen atoms in total. The molecule has 0 saturated heterocycles. The standard InChI is InChI=1S/C17H22N2O/c1-2-20-14-6-11-19-17(15-7-4-3-5-8-15)16-9-12-18-13-10-16/h3-5,7-10,12-13,17,19H,2,6,11,14H2,1H3/t17-/m0/s1. The second kappa shape index (κ2) is 8.46. The highest BCUT2D eigenvalue weighted by atomic mass is 16.5. The van der Waals surface area contributed by atoms with Gasteiger partial charge in [0.05, 0.1) is 6.04 Å². The van der Waals surface area contributed by atoms with Gasteiger partial charge in [-0.1, -0.05) is 30.3 Å². The van der Waals surface area contributed by atoms with Gasteiger partial charge < -0.3 is 10.1 Å². The molecule has 0 amide bonds. The molecule has 0 unspecified atom stereocenters. The van der Waals surface area contributed by atoms with Gasteiger partial charge in [0.1, 0.15) is 0 Å². The van der Waals surface area contributed by atoms with E-state index in [1.807, 2.05) is 25.4 Å². The summed E-state index contributed by atoms with van der Waals surface area (Å²) < 4.78 is 5.38. The maximum Gasteiger partial charge on any atom is 0.0577 e. The lowest BCUT2D eigenvalue weighted by Crippen LogP contribution is -2.24. The van der Waals surface area contributed by atoms with E-state index in [1.54, 1.807) is 0 Å². The third-order valence-electron chi connectivity index (χ3n) is 3.19. The molecular weight excluding hydrogens is 248 g/mol. The van der Waals surface area contributed by atoms with Crippen molar-refractivity contribution in [2.24, 2.45) is 0 Å². The molecule has 2 aromatic rings. The zero-order chi connectivity index (χ0) is 14.0. The molecule has 1 aromatic carbocycles. The summed E-state index contributed by atoms with van der Waals surface area (Å²) in [5, 5.41) is 3.60. The van der Waals surface area contributed by atoms with E-state index in [9.17, 15) is 0 Å². The maximum atomic E-state index is 5.38. The van der Waals surface area contributed by atoms with Crippen LogP contribution in [0.2, 0.25) is 0 Å². The molecule has 0 aliphatic heterocycles. The molecule has 1 N–H and O–H groups in total. The monoisotopic (exact) mass is 270 g/mol. The summed E-state index contributed by atoms with van der Waals surface area (Å²) in [6.45, 7) is 4.55. The maximum absolute atomic E-state index is 5.38. The van der Waals surface area contributed by atoms with Gasteiger partial charge in [0.15, 0.2) is 0 Å². The Labute approximate surface area is 121 Å². The summed E-state index contributed by atoms with van der Waals surface area (Å²) in [5.41, 5.74) is 2.51. The lowest BCUT2D eigenvalue weighted by Gasteiger charge is -2.19. The van der Waals surface area contributed by atoms with Gasteiger partial charge in [0, 0.05) is 25.6 Å². The molecule has 0 fully saturated rings. The van der Waals surface area contributed by atoms with Crippen molar-refractivity contribution in [3.8, 4) is 0 Å². The Morgan fingerprint density at radius 2 is 1.75 bits per heavy atom. The minimum absolute atomic E-state index is 0.209. The van der Waals surface area contributed by atoms with Crippen molar-refractivity contribution in [3.05, 3.63) is 66.0 Å². The van der Waals surface area contributed by atoms with Gasteiger partial charge >= 0.3 is 0 Å². The van der Waals surface area contributed by atoms with Crippen LogP contribution in [0.5, 0.6) is 0 Å². The number of hydrogen-bond donors (Lipinski definition) is 1. The minimum Gasteiger partial charge on any atom is -0.382 e. The van der Waals surface area contributed by atoms with Crippen LogP contribution in [-0.4, -0.2) is 24.7 Å². The average molecular weight is 270 g/mol. The quantitative estimate of drug-likeness (QED) is 0.748. The van der Waals surface area contributed by atoms with Gasteiger partial charge in [-0.3, -0.25) is 4.98 Å². The molecule has 2 rings (SSSR count). The van der Waals surface area contributed by atoms with Crippen molar-refractivity contribution in [1.29, 1.82) is 0 Å². The Kier molecular flexibility index (Phi) is 6.21. The lowest BCUT2D eigenvalue weighted by molar-refractivity contribution is 0.144. The number of pyridine rings is 1. The highest BCUT2D eigenvalue weighted by Gasteiger charge is 2.12. The van der Waals surface area contributed by atoms with E-state index in [0.29, 0.717) is 0 Å². The fourth-order valence-electron chi connectivity index (χ4n) is 2.19. The zero-order valence-electron chi connectivity index (χ0n) is 12.0. The Hall–Kier alpha value is -1.71. The van der Waals surface area contributed by atoms with E-state index in [0.717, 1.165) is 26.2 Å². The van der Waals surface area contributed by atoms with Crippen molar-refractivity contribution in [2.45, 2.75) is 19.4 Å². The number of ether oxygens (including phenoxy) is 1. The Bertz CT molecular complexity index is 433. The molecule has 1 atom stereocenters. The second-order valence-electron chi connectivity index (χ2n) is 4.63. The largest absolute Gasteiger partial charge is 0.382 e. The van der Waals surface area contributed by atoms with Crippen LogP contribution in [0, 0.1) is 0 Å². The van der Waals surface area contributed by atoms with Crippen LogP contribution in [0.4, 0.5) is 0 Å². The minimum atomic E-state index is 0.209. The summed E-state index contributed by atoms with van der Waals surface area (Å²) in [6, 6.07) is 14.8. The Balaban J connectivity index is 2.02. The molecule has 106 valence electrons. The Morgan fingerprint density at radius 1 is 1.05 bits per heavy atom. The number of nitrogens with zero attached hydrogens (tertiary/aromatic N) is 1. The first-order chi connectivity index (χ1) is 9.92. The van der Waals surface area contributed by atoms with E-state index in [1.165, 1.54) is 11.1 Å². The SMILES string of the molecule is CCOCCCN[C@@H](c1ccccc1)c1ccncc1. The molecular formula is C17H22N2O. The second-order valence-corrected chi connectivity index (χ2v) is 4.63. The van der Waals surface area contributed by atoms with Crippen LogP contribution in [0.15, 0.2) is 54.9 Å². The van der Waals surface area contributed by atoms with E-state index in [4.69, 9.17) is 4.74 Å². The average Bonchev–Trinajstić information content (AvgIpc) is 2.53. The van der Waals surface area contributed by atoms with Crippen molar-refractivity contribution >= 4 is 0 Å². The van der Waals surface area contributed by atoms with Crippen LogP contribution < -0.4 is 5.32 Å². The number of rotatable bonds is 8. The van der Waals surface area contributed by atoms with E-state index in [2.05, 4.69) is 46.7 Å². The third kappa shape index (κ3) is 4.44. The number of aromatic nitrogens is 1. The first kappa shape index (κ1) is 14.7. The third-order valence-corrected chi connectivity index (χ3v) is 3.19. The number of hydrogen-bond acceptors (Lipinski definition) is 3. The molecule has 0 spiro atoms. The molecule has 0 aliphatic carbocycles. The summed E-state index contributed by atoms with van der Waals surface area (Å²) in [4.78, 5) is 4.09. The fraction of sp³-hybridized carbons (Fsp3) is 0.353. The molecule has 0 radical (unpaired) electrons. The summed E-state index contributed by atoms with van der Waals surface area (Å²) in [6.07, 6.45) is 4.70. The van der Waals surface area contributed by atoms with Crippen molar-refractivity contribution < 1.29 is 4.74 Å². The van der Waals surface area contributed by atoms with Crippen LogP contribution in [0.1, 0.15) is 30.5 Å². The van der Waals surface area contributed by atoms with Crippen LogP contribution in [-0.2, 0) is 4.74 Å². The van der Waals surface area contributed by atoms with Crippen molar-refractivity contribution in [1.82, 2.24) is 10.3 Å². The van der Waals surface area contributed by atoms with E-state index in [-0.39, 0.29) is 6.04 Å². The van der Waals surface area contributed by atoms with Crippen molar-refractivity contribution in [2.75, 3.05) is 19.8 Å². The smallest absolute Gasteiger partial charge is 0.0577 e. The Morgan fingerprint density at radius 3 is 2.45 bits per heavy atom. The van der Waals surface area contributed by atoms with Crippen LogP contribution in [0.25, 0.3) is 0 Å². The highest BCUT2D eigenvalue weighted by Crippen LogP contribution is 2.21. The zero-order valence-corrected chi connectivity index (χ0v) is 12.0. The van der Waals surface area contributed by atoms with Gasteiger partial charge in [-0.2, -0.15) is 0 Å². The summed E-state index contributed by atoms with van der Waals surface area (Å²) in [5.74, 6) is 0. The highest BCUT2D eigenvalue weighted by molar-refractivity contribution is 5.30. The first-order valence-corrected chi connectivity index (χ1v) is 7.18. The number of nitrogens with one attached hydrogen (secondary N) is 1. The first-order valence-electron chi connectivity index (χ1n) is 7.18. The van der Waals surface area contributed by atoms with Crippen LogP contribution >= 0.6 is 0 Å². The van der Waals surface area contributed by atoms with E-state index < -0.39 is 0 Å². The number of benzene rings is 1. The molecule has 20 heavy (non-hydrogen) atoms. The van der Waals surface area contributed by atoms with E-state index >= 15 is 0 Å². The summed E-state index contributed by atoms with van der Waals surface area (Å²) >= 11 is 0. The fourth-order valence-corrected chi connectivity index (χ4v) is 2.19. The molecule has 1 heterocycles. The molecule has 1 aromatic heterocycles. The van der Waals surface area contributed by atoms with Gasteiger partial charge in [0.2, 0.25) is 0 Å². The molecule has 0 saturated carbocycles. The van der Waals surface area contributed by atoms with Gasteiger partial charge in [-0.25, -0.2) is 0 Å². The molecule has 3 heteroatoms. The molecule has 0 aliphatic rings. The topological polar surface area (TPSA) is 34.1 Å². The van der Waals surface area contributed by atoms with Gasteiger partial charge in [-0.15, -0.1) is 0 Å². The predicted octanol–water partition coefficient (Wildman–Crippen LogP) is 3.19. The van der Waals surface area contributed by atoms with Gasteiger partial charge in [0.25, 0.3) is 0 Å². The normalized spacial score (nSPS) is 12.2.